The topological polar surface area (TPSA) is 109 Å². The minimum absolute atomic E-state index is 0.00125. The molecule has 0 radical (unpaired) electrons. The molecule has 1 heterocycles. The van der Waals surface area contributed by atoms with Crippen LogP contribution in [0.3, 0.4) is 0 Å². The number of piperidine rings is 1. The lowest BCUT2D eigenvalue weighted by molar-refractivity contribution is -0.126. The zero-order valence-electron chi connectivity index (χ0n) is 17.5. The number of benzene rings is 2. The number of amides is 1. The van der Waals surface area contributed by atoms with Gasteiger partial charge in [-0.2, -0.15) is 10.5 Å². The lowest BCUT2D eigenvalue weighted by Gasteiger charge is -2.37. The minimum atomic E-state index is -0.693. The molecule has 1 aliphatic rings. The summed E-state index contributed by atoms with van der Waals surface area (Å²) in [4.78, 5) is 12.7. The molecule has 0 saturated carbocycles. The highest BCUT2D eigenvalue weighted by molar-refractivity contribution is 5.83. The Morgan fingerprint density at radius 3 is 2.52 bits per heavy atom. The number of halogens is 1. The highest BCUT2D eigenvalue weighted by Gasteiger charge is 2.35. The van der Waals surface area contributed by atoms with E-state index in [4.69, 9.17) is 5.26 Å². The van der Waals surface area contributed by atoms with Crippen LogP contribution in [0.5, 0.6) is 0 Å². The average Bonchev–Trinajstić information content (AvgIpc) is 2.76. The van der Waals surface area contributed by atoms with Crippen molar-refractivity contribution in [3.05, 3.63) is 59.4 Å². The molecule has 1 amide bonds. The van der Waals surface area contributed by atoms with E-state index in [9.17, 15) is 19.6 Å². The molecule has 0 spiro atoms. The van der Waals surface area contributed by atoms with Gasteiger partial charge in [0.15, 0.2) is 0 Å². The maximum absolute atomic E-state index is 13.9. The Bertz CT molecular complexity index is 1030. The molecule has 0 unspecified atom stereocenters. The number of aliphatic hydroxyl groups excluding tert-OH is 1. The zero-order valence-corrected chi connectivity index (χ0v) is 17.5. The summed E-state index contributed by atoms with van der Waals surface area (Å²) in [5, 5.41) is 34.2. The summed E-state index contributed by atoms with van der Waals surface area (Å²) in [7, 11) is 0. The van der Waals surface area contributed by atoms with E-state index in [0.717, 1.165) is 11.1 Å². The number of hydrogen-bond acceptors (Lipinski definition) is 5. The first-order chi connectivity index (χ1) is 14.8. The Morgan fingerprint density at radius 2 is 1.90 bits per heavy atom. The Kier molecular flexibility index (Phi) is 7.02. The van der Waals surface area contributed by atoms with Gasteiger partial charge in [-0.05, 0) is 48.1 Å². The molecule has 3 rings (SSSR count). The Morgan fingerprint density at radius 1 is 1.23 bits per heavy atom. The summed E-state index contributed by atoms with van der Waals surface area (Å²) in [5.41, 5.74) is 2.30. The standard InChI is InChI=1S/C24H25FN4O2/c1-14-9-22(30)15(2)28-23(14)24(31)29-20(13-27)10-16-3-5-17(6-4-16)18-7-8-19(12-26)21(25)11-18/h3-8,11,14-15,20,22-23,28,30H,9-10H2,1-2H3,(H,29,31)/t14-,15+,20+,22+,23+/m1/s1. The van der Waals surface area contributed by atoms with Crippen LogP contribution in [0.4, 0.5) is 4.39 Å². The number of aliphatic hydroxyl groups is 1. The fourth-order valence-corrected chi connectivity index (χ4v) is 3.86. The lowest BCUT2D eigenvalue weighted by atomic mass is 9.86. The molecule has 1 aliphatic heterocycles. The summed E-state index contributed by atoms with van der Waals surface area (Å²) < 4.78 is 13.9. The van der Waals surface area contributed by atoms with Crippen LogP contribution in [0.25, 0.3) is 11.1 Å². The summed E-state index contributed by atoms with van der Waals surface area (Å²) in [6, 6.07) is 14.4. The first-order valence-corrected chi connectivity index (χ1v) is 10.3. The quantitative estimate of drug-likeness (QED) is 0.689. The van der Waals surface area contributed by atoms with E-state index in [1.807, 2.05) is 38.1 Å². The monoisotopic (exact) mass is 420 g/mol. The Balaban J connectivity index is 1.64. The molecule has 0 aliphatic carbocycles. The molecule has 6 nitrogen and oxygen atoms in total. The van der Waals surface area contributed by atoms with Crippen LogP contribution in [0, 0.1) is 34.4 Å². The number of hydrogen-bond donors (Lipinski definition) is 3. The molecule has 0 aromatic heterocycles. The minimum Gasteiger partial charge on any atom is -0.392 e. The van der Waals surface area contributed by atoms with Gasteiger partial charge in [-0.3, -0.25) is 4.79 Å². The third-order valence-corrected chi connectivity index (χ3v) is 5.77. The predicted octanol–water partition coefficient (Wildman–Crippen LogP) is 2.66. The molecule has 2 aromatic rings. The van der Waals surface area contributed by atoms with Crippen molar-refractivity contribution in [2.75, 3.05) is 0 Å². The van der Waals surface area contributed by atoms with E-state index in [2.05, 4.69) is 16.7 Å². The van der Waals surface area contributed by atoms with E-state index < -0.39 is 24.0 Å². The SMILES string of the molecule is C[C@@H]1C[C@H](O)[C@H](C)N[C@@H]1C(=O)N[C@H](C#N)Cc1ccc(-c2ccc(C#N)c(F)c2)cc1. The Labute approximate surface area is 181 Å². The molecule has 1 saturated heterocycles. The molecular weight excluding hydrogens is 395 g/mol. The third kappa shape index (κ3) is 5.27. The van der Waals surface area contributed by atoms with E-state index >= 15 is 0 Å². The van der Waals surface area contributed by atoms with Crippen molar-refractivity contribution in [2.45, 2.75) is 50.9 Å². The fraction of sp³-hybridized carbons (Fsp3) is 0.375. The van der Waals surface area contributed by atoms with Crippen LogP contribution in [0.2, 0.25) is 0 Å². The van der Waals surface area contributed by atoms with Gasteiger partial charge < -0.3 is 15.7 Å². The highest BCUT2D eigenvalue weighted by atomic mass is 19.1. The van der Waals surface area contributed by atoms with Gasteiger partial charge in [0.25, 0.3) is 0 Å². The van der Waals surface area contributed by atoms with Gasteiger partial charge in [-0.15, -0.1) is 0 Å². The van der Waals surface area contributed by atoms with Crippen LogP contribution in [0.1, 0.15) is 31.4 Å². The van der Waals surface area contributed by atoms with Gasteiger partial charge in [0, 0.05) is 12.5 Å². The summed E-state index contributed by atoms with van der Waals surface area (Å²) in [6.45, 7) is 3.73. The molecule has 31 heavy (non-hydrogen) atoms. The number of nitriles is 2. The second-order valence-corrected chi connectivity index (χ2v) is 8.11. The van der Waals surface area contributed by atoms with E-state index in [1.165, 1.54) is 12.1 Å². The number of rotatable bonds is 5. The van der Waals surface area contributed by atoms with Crippen LogP contribution in [-0.4, -0.2) is 35.2 Å². The van der Waals surface area contributed by atoms with Crippen LogP contribution in [0.15, 0.2) is 42.5 Å². The molecule has 1 fully saturated rings. The van der Waals surface area contributed by atoms with Crippen molar-refractivity contribution in [1.82, 2.24) is 10.6 Å². The first kappa shape index (κ1) is 22.4. The normalized spacial score (nSPS) is 23.9. The van der Waals surface area contributed by atoms with Gasteiger partial charge in [-0.1, -0.05) is 37.3 Å². The van der Waals surface area contributed by atoms with Crippen molar-refractivity contribution in [3.8, 4) is 23.3 Å². The molecule has 7 heteroatoms. The van der Waals surface area contributed by atoms with Gasteiger partial charge >= 0.3 is 0 Å². The van der Waals surface area contributed by atoms with Crippen molar-refractivity contribution in [1.29, 1.82) is 10.5 Å². The first-order valence-electron chi connectivity index (χ1n) is 10.3. The van der Waals surface area contributed by atoms with Crippen molar-refractivity contribution in [3.63, 3.8) is 0 Å². The van der Waals surface area contributed by atoms with E-state index in [0.29, 0.717) is 18.4 Å². The van der Waals surface area contributed by atoms with Gasteiger partial charge in [-0.25, -0.2) is 4.39 Å². The van der Waals surface area contributed by atoms with Crippen molar-refractivity contribution < 1.29 is 14.3 Å². The average molecular weight is 420 g/mol. The zero-order chi connectivity index (χ0) is 22.5. The van der Waals surface area contributed by atoms with E-state index in [-0.39, 0.29) is 23.4 Å². The van der Waals surface area contributed by atoms with Crippen LogP contribution < -0.4 is 10.6 Å². The Hall–Kier alpha value is -3.26. The van der Waals surface area contributed by atoms with E-state index in [1.54, 1.807) is 12.1 Å². The summed E-state index contributed by atoms with van der Waals surface area (Å²) in [6.07, 6.45) is 0.374. The number of carbonyl (C=O) groups excluding carboxylic acids is 1. The maximum Gasteiger partial charge on any atom is 0.238 e. The third-order valence-electron chi connectivity index (χ3n) is 5.77. The maximum atomic E-state index is 13.9. The summed E-state index contributed by atoms with van der Waals surface area (Å²) in [5.74, 6) is -0.858. The summed E-state index contributed by atoms with van der Waals surface area (Å²) >= 11 is 0. The molecule has 5 atom stereocenters. The van der Waals surface area contributed by atoms with Crippen LogP contribution in [-0.2, 0) is 11.2 Å². The molecular formula is C24H25FN4O2. The van der Waals surface area contributed by atoms with Gasteiger partial charge in [0.2, 0.25) is 5.91 Å². The fourth-order valence-electron chi connectivity index (χ4n) is 3.86. The smallest absolute Gasteiger partial charge is 0.238 e. The number of carbonyl (C=O) groups is 1. The molecule has 160 valence electrons. The second kappa shape index (κ2) is 9.70. The van der Waals surface area contributed by atoms with Crippen LogP contribution >= 0.6 is 0 Å². The van der Waals surface area contributed by atoms with Gasteiger partial charge in [0.1, 0.15) is 17.9 Å². The predicted molar refractivity (Wildman–Crippen MR) is 114 cm³/mol. The molecule has 2 aromatic carbocycles. The van der Waals surface area contributed by atoms with Gasteiger partial charge in [0.05, 0.1) is 23.8 Å². The lowest BCUT2D eigenvalue weighted by Crippen LogP contribution is -2.59. The van der Waals surface area contributed by atoms with Crippen molar-refractivity contribution >= 4 is 5.91 Å². The second-order valence-electron chi connectivity index (χ2n) is 8.11. The molecule has 3 N–H and O–H groups in total. The number of nitrogens with zero attached hydrogens (tertiary/aromatic N) is 2. The largest absolute Gasteiger partial charge is 0.392 e. The number of nitrogens with one attached hydrogen (secondary N) is 2. The van der Waals surface area contributed by atoms with Crippen molar-refractivity contribution in [2.24, 2.45) is 5.92 Å². The molecule has 0 bridgehead atoms. The highest BCUT2D eigenvalue weighted by Crippen LogP contribution is 2.23.